The van der Waals surface area contributed by atoms with Gasteiger partial charge in [-0.2, -0.15) is 0 Å². The van der Waals surface area contributed by atoms with E-state index in [0.717, 1.165) is 36.3 Å². The molecule has 4 heteroatoms. The zero-order chi connectivity index (χ0) is 13.4. The number of rotatable bonds is 8. The van der Waals surface area contributed by atoms with Gasteiger partial charge in [-0.05, 0) is 31.9 Å². The minimum Gasteiger partial charge on any atom is -0.490 e. The van der Waals surface area contributed by atoms with Crippen molar-refractivity contribution in [3.8, 4) is 5.75 Å². The Hall–Kier alpha value is -0.770. The normalized spacial score (nSPS) is 10.7. The standard InChI is InChI=1S/C14H23BrN2O/c1-4-12(5-2)17(11-9-15)14-13(18-6-3)8-7-10-16-14/h7-8,10,12H,4-6,9,11H2,1-3H3. The van der Waals surface area contributed by atoms with Gasteiger partial charge < -0.3 is 9.64 Å². The highest BCUT2D eigenvalue weighted by molar-refractivity contribution is 9.09. The van der Waals surface area contributed by atoms with E-state index in [1.54, 1.807) is 0 Å². The molecule has 0 atom stereocenters. The summed E-state index contributed by atoms with van der Waals surface area (Å²) in [4.78, 5) is 6.86. The summed E-state index contributed by atoms with van der Waals surface area (Å²) in [6.45, 7) is 8.06. The summed E-state index contributed by atoms with van der Waals surface area (Å²) in [6, 6.07) is 4.43. The van der Waals surface area contributed by atoms with Gasteiger partial charge in [-0.3, -0.25) is 0 Å². The molecule has 0 spiro atoms. The maximum atomic E-state index is 5.68. The van der Waals surface area contributed by atoms with Crippen LogP contribution >= 0.6 is 15.9 Å². The van der Waals surface area contributed by atoms with Crippen molar-refractivity contribution in [2.45, 2.75) is 39.7 Å². The molecule has 0 aliphatic carbocycles. The minimum absolute atomic E-state index is 0.511. The molecule has 0 radical (unpaired) electrons. The third-order valence-corrected chi connectivity index (χ3v) is 3.39. The van der Waals surface area contributed by atoms with E-state index >= 15 is 0 Å². The van der Waals surface area contributed by atoms with Gasteiger partial charge in [0.2, 0.25) is 0 Å². The van der Waals surface area contributed by atoms with E-state index in [1.807, 2.05) is 25.3 Å². The molecule has 0 aromatic carbocycles. The van der Waals surface area contributed by atoms with Gasteiger partial charge in [0, 0.05) is 24.1 Å². The predicted octanol–water partition coefficient (Wildman–Crippen LogP) is 3.87. The van der Waals surface area contributed by atoms with E-state index in [2.05, 4.69) is 39.7 Å². The van der Waals surface area contributed by atoms with Gasteiger partial charge >= 0.3 is 0 Å². The highest BCUT2D eigenvalue weighted by Crippen LogP contribution is 2.28. The van der Waals surface area contributed by atoms with Gasteiger partial charge in [-0.15, -0.1) is 0 Å². The zero-order valence-corrected chi connectivity index (χ0v) is 13.1. The Morgan fingerprint density at radius 1 is 1.33 bits per heavy atom. The second kappa shape index (κ2) is 8.35. The maximum absolute atomic E-state index is 5.68. The fourth-order valence-electron chi connectivity index (χ4n) is 2.15. The van der Waals surface area contributed by atoms with Crippen molar-refractivity contribution in [2.24, 2.45) is 0 Å². The molecular weight excluding hydrogens is 292 g/mol. The second-order valence-electron chi connectivity index (χ2n) is 4.11. The Bertz CT molecular complexity index is 342. The topological polar surface area (TPSA) is 25.4 Å². The lowest BCUT2D eigenvalue weighted by Crippen LogP contribution is -2.37. The smallest absolute Gasteiger partial charge is 0.171 e. The number of pyridine rings is 1. The van der Waals surface area contributed by atoms with Crippen LogP contribution in [0.2, 0.25) is 0 Å². The van der Waals surface area contributed by atoms with Crippen molar-refractivity contribution in [1.29, 1.82) is 0 Å². The monoisotopic (exact) mass is 314 g/mol. The first-order valence-electron chi connectivity index (χ1n) is 6.68. The van der Waals surface area contributed by atoms with E-state index in [4.69, 9.17) is 4.74 Å². The molecule has 0 aliphatic heterocycles. The maximum Gasteiger partial charge on any atom is 0.171 e. The van der Waals surface area contributed by atoms with Crippen LogP contribution in [-0.2, 0) is 0 Å². The van der Waals surface area contributed by atoms with Gasteiger partial charge in [0.25, 0.3) is 0 Å². The molecule has 18 heavy (non-hydrogen) atoms. The molecule has 0 aliphatic rings. The number of hydrogen-bond acceptors (Lipinski definition) is 3. The lowest BCUT2D eigenvalue weighted by Gasteiger charge is -2.32. The number of nitrogens with zero attached hydrogens (tertiary/aromatic N) is 2. The quantitative estimate of drug-likeness (QED) is 0.681. The average molecular weight is 315 g/mol. The van der Waals surface area contributed by atoms with Crippen molar-refractivity contribution in [3.63, 3.8) is 0 Å². The van der Waals surface area contributed by atoms with Crippen molar-refractivity contribution < 1.29 is 4.74 Å². The summed E-state index contributed by atoms with van der Waals surface area (Å²) in [5, 5.41) is 0.936. The molecule has 0 N–H and O–H groups in total. The van der Waals surface area contributed by atoms with Gasteiger partial charge in [0.05, 0.1) is 6.61 Å². The summed E-state index contributed by atoms with van der Waals surface area (Å²) >= 11 is 3.53. The Balaban J connectivity index is 3.03. The molecule has 0 unspecified atom stereocenters. The second-order valence-corrected chi connectivity index (χ2v) is 4.90. The van der Waals surface area contributed by atoms with Crippen LogP contribution in [0.25, 0.3) is 0 Å². The Kier molecular flexibility index (Phi) is 7.09. The molecule has 1 heterocycles. The van der Waals surface area contributed by atoms with Crippen molar-refractivity contribution in [2.75, 3.05) is 23.4 Å². The molecule has 0 bridgehead atoms. The van der Waals surface area contributed by atoms with Gasteiger partial charge in [-0.1, -0.05) is 29.8 Å². The lowest BCUT2D eigenvalue weighted by atomic mass is 10.1. The van der Waals surface area contributed by atoms with Crippen molar-refractivity contribution in [1.82, 2.24) is 4.98 Å². The van der Waals surface area contributed by atoms with Crippen LogP contribution in [0.3, 0.4) is 0 Å². The van der Waals surface area contributed by atoms with Crippen LogP contribution < -0.4 is 9.64 Å². The molecule has 0 saturated heterocycles. The van der Waals surface area contributed by atoms with Gasteiger partial charge in [-0.25, -0.2) is 4.98 Å². The molecule has 0 saturated carbocycles. The van der Waals surface area contributed by atoms with Crippen LogP contribution in [0.4, 0.5) is 5.82 Å². The highest BCUT2D eigenvalue weighted by atomic mass is 79.9. The van der Waals surface area contributed by atoms with E-state index < -0.39 is 0 Å². The molecule has 102 valence electrons. The SMILES string of the molecule is CCOc1cccnc1N(CCBr)C(CC)CC. The fourth-order valence-corrected chi connectivity index (χ4v) is 2.53. The van der Waals surface area contributed by atoms with Crippen LogP contribution in [-0.4, -0.2) is 29.5 Å². The number of ether oxygens (including phenoxy) is 1. The Labute approximate surface area is 119 Å². The molecule has 3 nitrogen and oxygen atoms in total. The molecule has 0 amide bonds. The average Bonchev–Trinajstić information content (AvgIpc) is 2.40. The van der Waals surface area contributed by atoms with Crippen LogP contribution in [0.15, 0.2) is 18.3 Å². The van der Waals surface area contributed by atoms with Crippen molar-refractivity contribution >= 4 is 21.7 Å². The van der Waals surface area contributed by atoms with E-state index in [9.17, 15) is 0 Å². The van der Waals surface area contributed by atoms with Crippen molar-refractivity contribution in [3.05, 3.63) is 18.3 Å². The number of alkyl halides is 1. The molecule has 1 aromatic heterocycles. The number of hydrogen-bond donors (Lipinski definition) is 0. The molecule has 1 aromatic rings. The number of aromatic nitrogens is 1. The molecule has 1 rings (SSSR count). The third-order valence-electron chi connectivity index (χ3n) is 3.03. The number of anilines is 1. The lowest BCUT2D eigenvalue weighted by molar-refractivity contribution is 0.337. The largest absolute Gasteiger partial charge is 0.490 e. The highest BCUT2D eigenvalue weighted by Gasteiger charge is 2.19. The first-order chi connectivity index (χ1) is 8.78. The van der Waals surface area contributed by atoms with Crippen LogP contribution in [0.1, 0.15) is 33.6 Å². The molecular formula is C14H23BrN2O. The first-order valence-corrected chi connectivity index (χ1v) is 7.80. The van der Waals surface area contributed by atoms with Crippen LogP contribution in [0, 0.1) is 0 Å². The van der Waals surface area contributed by atoms with Gasteiger partial charge in [0.15, 0.2) is 11.6 Å². The summed E-state index contributed by atoms with van der Waals surface area (Å²) in [5.41, 5.74) is 0. The number of halogens is 1. The summed E-state index contributed by atoms with van der Waals surface area (Å²) in [5.74, 6) is 1.85. The predicted molar refractivity (Wildman–Crippen MR) is 80.9 cm³/mol. The minimum atomic E-state index is 0.511. The van der Waals surface area contributed by atoms with E-state index in [-0.39, 0.29) is 0 Å². The molecule has 0 fully saturated rings. The van der Waals surface area contributed by atoms with Gasteiger partial charge in [0.1, 0.15) is 0 Å². The fraction of sp³-hybridized carbons (Fsp3) is 0.643. The summed E-state index contributed by atoms with van der Waals surface area (Å²) in [6.07, 6.45) is 4.07. The van der Waals surface area contributed by atoms with E-state index in [1.165, 1.54) is 0 Å². The Morgan fingerprint density at radius 3 is 2.61 bits per heavy atom. The first kappa shape index (κ1) is 15.3. The summed E-state index contributed by atoms with van der Waals surface area (Å²) < 4.78 is 5.68. The third kappa shape index (κ3) is 3.87. The zero-order valence-electron chi connectivity index (χ0n) is 11.5. The van der Waals surface area contributed by atoms with E-state index in [0.29, 0.717) is 12.6 Å². The summed E-state index contributed by atoms with van der Waals surface area (Å²) in [7, 11) is 0. The van der Waals surface area contributed by atoms with Crippen LogP contribution in [0.5, 0.6) is 5.75 Å². The Morgan fingerprint density at radius 2 is 2.06 bits per heavy atom.